The van der Waals surface area contributed by atoms with Crippen molar-refractivity contribution in [1.29, 1.82) is 0 Å². The molecule has 118 valence electrons. The third-order valence-electron chi connectivity index (χ3n) is 2.68. The van der Waals surface area contributed by atoms with E-state index in [9.17, 15) is 9.90 Å². The molecule has 6 heteroatoms. The average molecular weight is 296 g/mol. The fourth-order valence-electron chi connectivity index (χ4n) is 1.73. The van der Waals surface area contributed by atoms with Crippen LogP contribution in [0.4, 0.5) is 10.5 Å². The van der Waals surface area contributed by atoms with Crippen LogP contribution in [0.15, 0.2) is 18.2 Å². The average Bonchev–Trinajstić information content (AvgIpc) is 2.38. The Bertz CT molecular complexity index is 483. The van der Waals surface area contributed by atoms with Gasteiger partial charge in [-0.05, 0) is 32.4 Å². The van der Waals surface area contributed by atoms with E-state index in [2.05, 4.69) is 5.32 Å². The van der Waals surface area contributed by atoms with E-state index in [1.165, 1.54) is 0 Å². The molecule has 0 saturated carbocycles. The van der Waals surface area contributed by atoms with Gasteiger partial charge in [0.25, 0.3) is 0 Å². The minimum Gasteiger partial charge on any atom is -0.497 e. The first kappa shape index (κ1) is 17.3. The number of benzene rings is 1. The van der Waals surface area contributed by atoms with Gasteiger partial charge in [0.05, 0.1) is 18.9 Å². The summed E-state index contributed by atoms with van der Waals surface area (Å²) in [6.45, 7) is 5.52. The minimum absolute atomic E-state index is 0.151. The molecule has 0 aliphatic carbocycles. The Balaban J connectivity index is 2.93. The van der Waals surface area contributed by atoms with Gasteiger partial charge in [0, 0.05) is 19.0 Å². The number of hydrogen-bond acceptors (Lipinski definition) is 5. The first-order valence-electron chi connectivity index (χ1n) is 6.80. The zero-order chi connectivity index (χ0) is 16.0. The van der Waals surface area contributed by atoms with Gasteiger partial charge < -0.3 is 20.3 Å². The number of amides is 1. The van der Waals surface area contributed by atoms with Crippen LogP contribution in [-0.4, -0.2) is 36.6 Å². The van der Waals surface area contributed by atoms with E-state index in [0.29, 0.717) is 17.9 Å². The van der Waals surface area contributed by atoms with E-state index < -0.39 is 17.8 Å². The Morgan fingerprint density at radius 1 is 1.43 bits per heavy atom. The van der Waals surface area contributed by atoms with E-state index in [0.717, 1.165) is 5.56 Å². The van der Waals surface area contributed by atoms with Crippen LogP contribution in [0.25, 0.3) is 0 Å². The number of nitrogens with one attached hydrogen (secondary N) is 1. The number of aliphatic hydroxyl groups excluding tert-OH is 1. The molecule has 1 amide bonds. The molecule has 1 atom stereocenters. The van der Waals surface area contributed by atoms with Crippen molar-refractivity contribution in [2.24, 2.45) is 5.73 Å². The van der Waals surface area contributed by atoms with Gasteiger partial charge in [-0.2, -0.15) is 0 Å². The van der Waals surface area contributed by atoms with E-state index in [1.807, 2.05) is 0 Å². The topological polar surface area (TPSA) is 93.8 Å². The predicted molar refractivity (Wildman–Crippen MR) is 81.6 cm³/mol. The molecule has 1 aromatic rings. The summed E-state index contributed by atoms with van der Waals surface area (Å²) in [6, 6.07) is 5.23. The molecule has 0 saturated heterocycles. The number of carbonyl (C=O) groups excluding carboxylic acids is 1. The van der Waals surface area contributed by atoms with E-state index >= 15 is 0 Å². The largest absolute Gasteiger partial charge is 0.497 e. The fourth-order valence-corrected chi connectivity index (χ4v) is 1.73. The summed E-state index contributed by atoms with van der Waals surface area (Å²) in [5.74, 6) is 0.604. The Labute approximate surface area is 125 Å². The SMILES string of the molecule is COc1ccc(CC(O)CN)c(NC(=O)OC(C)(C)C)c1. The number of anilines is 1. The Morgan fingerprint density at radius 3 is 2.62 bits per heavy atom. The fraction of sp³-hybridized carbons (Fsp3) is 0.533. The monoisotopic (exact) mass is 296 g/mol. The molecule has 0 heterocycles. The number of methoxy groups -OCH3 is 1. The molecule has 0 aliphatic heterocycles. The van der Waals surface area contributed by atoms with Crippen molar-refractivity contribution in [2.45, 2.75) is 38.9 Å². The number of aliphatic hydroxyl groups is 1. The highest BCUT2D eigenvalue weighted by Crippen LogP contribution is 2.24. The molecule has 21 heavy (non-hydrogen) atoms. The van der Waals surface area contributed by atoms with Crippen molar-refractivity contribution in [3.63, 3.8) is 0 Å². The van der Waals surface area contributed by atoms with Crippen LogP contribution in [0.2, 0.25) is 0 Å². The molecule has 0 aliphatic rings. The summed E-state index contributed by atoms with van der Waals surface area (Å²) >= 11 is 0. The third-order valence-corrected chi connectivity index (χ3v) is 2.68. The van der Waals surface area contributed by atoms with Gasteiger partial charge in [-0.25, -0.2) is 4.79 Å². The van der Waals surface area contributed by atoms with Gasteiger partial charge in [-0.3, -0.25) is 5.32 Å². The number of ether oxygens (including phenoxy) is 2. The summed E-state index contributed by atoms with van der Waals surface area (Å²) in [5.41, 5.74) is 6.14. The lowest BCUT2D eigenvalue weighted by Gasteiger charge is -2.21. The number of carbonyl (C=O) groups is 1. The molecule has 1 rings (SSSR count). The van der Waals surface area contributed by atoms with E-state index in [-0.39, 0.29) is 6.54 Å². The summed E-state index contributed by atoms with van der Waals surface area (Å²) < 4.78 is 10.4. The zero-order valence-electron chi connectivity index (χ0n) is 13.0. The second-order valence-corrected chi connectivity index (χ2v) is 5.74. The van der Waals surface area contributed by atoms with Crippen LogP contribution in [0.1, 0.15) is 26.3 Å². The maximum Gasteiger partial charge on any atom is 0.412 e. The highest BCUT2D eigenvalue weighted by molar-refractivity contribution is 5.86. The minimum atomic E-state index is -0.669. The van der Waals surface area contributed by atoms with Crippen LogP contribution in [0.3, 0.4) is 0 Å². The van der Waals surface area contributed by atoms with E-state index in [1.54, 1.807) is 46.1 Å². The van der Waals surface area contributed by atoms with Crippen molar-refractivity contribution in [3.05, 3.63) is 23.8 Å². The van der Waals surface area contributed by atoms with Crippen LogP contribution >= 0.6 is 0 Å². The molecular weight excluding hydrogens is 272 g/mol. The highest BCUT2D eigenvalue weighted by atomic mass is 16.6. The van der Waals surface area contributed by atoms with Crippen LogP contribution in [0.5, 0.6) is 5.75 Å². The highest BCUT2D eigenvalue weighted by Gasteiger charge is 2.18. The standard InChI is InChI=1S/C15H24N2O4/c1-15(2,3)21-14(19)17-13-8-12(20-4)6-5-10(13)7-11(18)9-16/h5-6,8,11,18H,7,9,16H2,1-4H3,(H,17,19). The molecular formula is C15H24N2O4. The second kappa shape index (κ2) is 7.28. The lowest BCUT2D eigenvalue weighted by molar-refractivity contribution is 0.0635. The summed E-state index contributed by atoms with van der Waals surface area (Å²) in [6.07, 6.45) is -0.886. The quantitative estimate of drug-likeness (QED) is 0.771. The second-order valence-electron chi connectivity index (χ2n) is 5.74. The molecule has 6 nitrogen and oxygen atoms in total. The van der Waals surface area contributed by atoms with Gasteiger partial charge >= 0.3 is 6.09 Å². The Hall–Kier alpha value is -1.79. The first-order valence-corrected chi connectivity index (χ1v) is 6.80. The molecule has 0 bridgehead atoms. The summed E-state index contributed by atoms with van der Waals surface area (Å²) in [4.78, 5) is 11.9. The maximum absolute atomic E-state index is 11.9. The van der Waals surface area contributed by atoms with Gasteiger partial charge in [0.15, 0.2) is 0 Å². The van der Waals surface area contributed by atoms with Gasteiger partial charge in [0.1, 0.15) is 11.4 Å². The van der Waals surface area contributed by atoms with Crippen molar-refractivity contribution < 1.29 is 19.4 Å². The number of nitrogens with two attached hydrogens (primary N) is 1. The molecule has 0 spiro atoms. The van der Waals surface area contributed by atoms with Crippen LogP contribution in [-0.2, 0) is 11.2 Å². The Kier molecular flexibility index (Phi) is 5.99. The first-order chi connectivity index (χ1) is 9.75. The third kappa shape index (κ3) is 6.01. The Morgan fingerprint density at radius 2 is 2.10 bits per heavy atom. The molecule has 0 radical (unpaired) electrons. The van der Waals surface area contributed by atoms with Gasteiger partial charge in [-0.15, -0.1) is 0 Å². The predicted octanol–water partition coefficient (Wildman–Crippen LogP) is 1.90. The molecule has 1 aromatic carbocycles. The smallest absolute Gasteiger partial charge is 0.412 e. The summed E-state index contributed by atoms with van der Waals surface area (Å²) in [5, 5.41) is 12.4. The van der Waals surface area contributed by atoms with Crippen molar-refractivity contribution >= 4 is 11.8 Å². The normalized spacial score (nSPS) is 12.7. The molecule has 0 fully saturated rings. The van der Waals surface area contributed by atoms with Crippen molar-refractivity contribution in [1.82, 2.24) is 0 Å². The summed E-state index contributed by atoms with van der Waals surface area (Å²) in [7, 11) is 1.54. The van der Waals surface area contributed by atoms with Crippen molar-refractivity contribution in [3.8, 4) is 5.75 Å². The van der Waals surface area contributed by atoms with Crippen LogP contribution in [0, 0.1) is 0 Å². The lowest BCUT2D eigenvalue weighted by Crippen LogP contribution is -2.28. The zero-order valence-corrected chi connectivity index (χ0v) is 13.0. The number of rotatable bonds is 5. The van der Waals surface area contributed by atoms with Crippen molar-refractivity contribution in [2.75, 3.05) is 19.0 Å². The lowest BCUT2D eigenvalue weighted by atomic mass is 10.1. The van der Waals surface area contributed by atoms with Gasteiger partial charge in [0.2, 0.25) is 0 Å². The molecule has 4 N–H and O–H groups in total. The van der Waals surface area contributed by atoms with Crippen LogP contribution < -0.4 is 15.8 Å². The maximum atomic E-state index is 11.9. The van der Waals surface area contributed by atoms with E-state index in [4.69, 9.17) is 15.2 Å². The van der Waals surface area contributed by atoms with Gasteiger partial charge in [-0.1, -0.05) is 6.07 Å². The molecule has 0 aromatic heterocycles. The number of hydrogen-bond donors (Lipinski definition) is 3. The molecule has 1 unspecified atom stereocenters.